The van der Waals surface area contributed by atoms with Crippen LogP contribution in [-0.2, 0) is 19.1 Å². The number of carbonyl (C=O) groups is 2. The third kappa shape index (κ3) is 4.13. The second kappa shape index (κ2) is 8.10. The van der Waals surface area contributed by atoms with Crippen molar-refractivity contribution in [3.8, 4) is 0 Å². The minimum absolute atomic E-state index is 0.0425. The lowest BCUT2D eigenvalue weighted by Gasteiger charge is -2.45. The van der Waals surface area contributed by atoms with Gasteiger partial charge >= 0.3 is 5.97 Å². The first kappa shape index (κ1) is 20.9. The van der Waals surface area contributed by atoms with E-state index in [1.54, 1.807) is 0 Å². The smallest absolute Gasteiger partial charge is 0.335 e. The van der Waals surface area contributed by atoms with Crippen LogP contribution in [-0.4, -0.2) is 104 Å². The molecule has 2 aliphatic rings. The van der Waals surface area contributed by atoms with Crippen molar-refractivity contribution in [3.63, 3.8) is 0 Å². The Labute approximate surface area is 148 Å². The van der Waals surface area contributed by atoms with Crippen LogP contribution in [0.3, 0.4) is 0 Å². The number of rotatable bonds is 4. The van der Waals surface area contributed by atoms with Gasteiger partial charge in [-0.25, -0.2) is 4.79 Å². The van der Waals surface area contributed by atoms with Gasteiger partial charge in [0.15, 0.2) is 12.4 Å². The van der Waals surface area contributed by atoms with Crippen molar-refractivity contribution in [1.82, 2.24) is 5.32 Å². The zero-order valence-corrected chi connectivity index (χ0v) is 13.9. The van der Waals surface area contributed by atoms with Crippen molar-refractivity contribution in [3.05, 3.63) is 0 Å². The first-order valence-electron chi connectivity index (χ1n) is 8.01. The van der Waals surface area contributed by atoms with E-state index in [1.165, 1.54) is 6.92 Å². The summed E-state index contributed by atoms with van der Waals surface area (Å²) in [5, 5.41) is 61.1. The molecular weight excluding hydrogens is 356 g/mol. The molecule has 0 bridgehead atoms. The molecule has 2 rings (SSSR count). The van der Waals surface area contributed by atoms with Crippen LogP contribution in [0.1, 0.15) is 13.3 Å². The molecule has 1 aliphatic carbocycles. The first-order valence-corrected chi connectivity index (χ1v) is 8.01. The fraction of sp³-hybridized carbons (Fsp3) is 0.857. The number of carboxylic acid groups (broad SMARTS) is 1. The summed E-state index contributed by atoms with van der Waals surface area (Å²) in [6, 6.07) is -1.79. The molecule has 9 N–H and O–H groups in total. The lowest BCUT2D eigenvalue weighted by atomic mass is 9.83. The second-order valence-electron chi connectivity index (χ2n) is 6.52. The highest BCUT2D eigenvalue weighted by atomic mass is 16.7. The van der Waals surface area contributed by atoms with Gasteiger partial charge in [-0.15, -0.1) is 0 Å². The van der Waals surface area contributed by atoms with E-state index < -0.39 is 73.0 Å². The van der Waals surface area contributed by atoms with Crippen molar-refractivity contribution in [2.24, 2.45) is 5.73 Å². The first-order chi connectivity index (χ1) is 12.0. The number of hydrogen-bond donors (Lipinski definition) is 8. The van der Waals surface area contributed by atoms with Gasteiger partial charge in [-0.2, -0.15) is 0 Å². The number of carbonyl (C=O) groups excluding carboxylic acids is 1. The van der Waals surface area contributed by atoms with Crippen LogP contribution in [0, 0.1) is 0 Å². The van der Waals surface area contributed by atoms with Crippen LogP contribution in [0.5, 0.6) is 0 Å². The van der Waals surface area contributed by atoms with E-state index in [2.05, 4.69) is 5.32 Å². The van der Waals surface area contributed by atoms with Gasteiger partial charge in [-0.1, -0.05) is 0 Å². The van der Waals surface area contributed by atoms with Crippen LogP contribution < -0.4 is 11.1 Å². The van der Waals surface area contributed by atoms with Crippen molar-refractivity contribution in [2.75, 3.05) is 0 Å². The number of aliphatic carboxylic acids is 1. The monoisotopic (exact) mass is 380 g/mol. The minimum Gasteiger partial charge on any atom is -0.479 e. The van der Waals surface area contributed by atoms with Crippen LogP contribution in [0.4, 0.5) is 0 Å². The van der Waals surface area contributed by atoms with E-state index in [-0.39, 0.29) is 6.42 Å². The van der Waals surface area contributed by atoms with Gasteiger partial charge in [0, 0.05) is 13.0 Å². The maximum absolute atomic E-state index is 11.4. The molecule has 1 saturated carbocycles. The van der Waals surface area contributed by atoms with Gasteiger partial charge in [0.1, 0.15) is 30.5 Å². The standard InChI is InChI=1S/C14H24N2O10/c1-3(17)16-6-4(15)2-5(18)7(19)11(6)25-14-10(22)8(20)9(21)12(26-14)13(23)24/h4-12,14,18-22H,2,15H2,1H3,(H,16,17)(H,23,24)/t4-,5+,6+,7-,8+,9+,10-,11-,12+,14-/m1/s1. The fourth-order valence-corrected chi connectivity index (χ4v) is 3.15. The van der Waals surface area contributed by atoms with E-state index in [0.717, 1.165) is 0 Å². The van der Waals surface area contributed by atoms with Crippen LogP contribution in [0.15, 0.2) is 0 Å². The Kier molecular flexibility index (Phi) is 6.52. The molecule has 0 spiro atoms. The average molecular weight is 380 g/mol. The molecule has 1 saturated heterocycles. The molecule has 12 heteroatoms. The van der Waals surface area contributed by atoms with Crippen molar-refractivity contribution < 1.29 is 49.7 Å². The number of nitrogens with one attached hydrogen (secondary N) is 1. The predicted octanol–water partition coefficient (Wildman–Crippen LogP) is -4.78. The minimum atomic E-state index is -1.90. The third-order valence-electron chi connectivity index (χ3n) is 4.53. The quantitative estimate of drug-likeness (QED) is 0.232. The summed E-state index contributed by atoms with van der Waals surface area (Å²) >= 11 is 0. The zero-order valence-electron chi connectivity index (χ0n) is 13.9. The molecule has 10 atom stereocenters. The number of aliphatic hydroxyl groups is 5. The zero-order chi connectivity index (χ0) is 19.8. The van der Waals surface area contributed by atoms with Gasteiger partial charge in [-0.05, 0) is 6.42 Å². The van der Waals surface area contributed by atoms with E-state index in [1.807, 2.05) is 0 Å². The van der Waals surface area contributed by atoms with Crippen molar-refractivity contribution in [1.29, 1.82) is 0 Å². The number of amides is 1. The SMILES string of the molecule is CC(=O)N[C@@H]1[C@@H](O[C@@H]2O[C@H](C(=O)O)[C@@H](O)[C@H](O)[C@H]2O)[C@H](O)[C@@H](O)C[C@H]1N. The summed E-state index contributed by atoms with van der Waals surface area (Å²) in [7, 11) is 0. The summed E-state index contributed by atoms with van der Waals surface area (Å²) in [6.07, 6.45) is -13.5. The Balaban J connectivity index is 2.23. The lowest BCUT2D eigenvalue weighted by molar-refractivity contribution is -0.317. The predicted molar refractivity (Wildman–Crippen MR) is 81.4 cm³/mol. The average Bonchev–Trinajstić information content (AvgIpc) is 2.55. The molecule has 1 amide bonds. The number of ether oxygens (including phenoxy) is 2. The molecule has 1 heterocycles. The number of hydrogen-bond acceptors (Lipinski definition) is 10. The Morgan fingerprint density at radius 1 is 1.08 bits per heavy atom. The third-order valence-corrected chi connectivity index (χ3v) is 4.53. The van der Waals surface area contributed by atoms with Crippen LogP contribution in [0.25, 0.3) is 0 Å². The Morgan fingerprint density at radius 2 is 1.69 bits per heavy atom. The Bertz CT molecular complexity index is 534. The van der Waals surface area contributed by atoms with Crippen molar-refractivity contribution in [2.45, 2.75) is 74.4 Å². The van der Waals surface area contributed by atoms with E-state index in [4.69, 9.17) is 20.3 Å². The Hall–Kier alpha value is -1.38. The normalized spacial score (nSPS) is 46.6. The molecule has 150 valence electrons. The maximum atomic E-state index is 11.4. The molecular formula is C14H24N2O10. The highest BCUT2D eigenvalue weighted by Gasteiger charge is 2.51. The molecule has 0 aromatic carbocycles. The van der Waals surface area contributed by atoms with Gasteiger partial charge < -0.3 is 51.2 Å². The van der Waals surface area contributed by atoms with Gasteiger partial charge in [-0.3, -0.25) is 4.79 Å². The summed E-state index contributed by atoms with van der Waals surface area (Å²) < 4.78 is 10.4. The van der Waals surface area contributed by atoms with E-state index in [0.29, 0.717) is 0 Å². The maximum Gasteiger partial charge on any atom is 0.335 e. The highest BCUT2D eigenvalue weighted by Crippen LogP contribution is 2.28. The fourth-order valence-electron chi connectivity index (χ4n) is 3.15. The largest absolute Gasteiger partial charge is 0.479 e. The Morgan fingerprint density at radius 3 is 2.23 bits per heavy atom. The van der Waals surface area contributed by atoms with Crippen LogP contribution in [0.2, 0.25) is 0 Å². The second-order valence-corrected chi connectivity index (χ2v) is 6.52. The van der Waals surface area contributed by atoms with Crippen molar-refractivity contribution >= 4 is 11.9 Å². The lowest BCUT2D eigenvalue weighted by Crippen LogP contribution is -2.68. The van der Waals surface area contributed by atoms with Crippen LogP contribution >= 0.6 is 0 Å². The van der Waals surface area contributed by atoms with E-state index in [9.17, 15) is 35.1 Å². The highest BCUT2D eigenvalue weighted by molar-refractivity contribution is 5.73. The molecule has 0 aromatic heterocycles. The molecule has 0 unspecified atom stereocenters. The summed E-state index contributed by atoms with van der Waals surface area (Å²) in [4.78, 5) is 22.5. The number of carboxylic acids is 1. The summed E-state index contributed by atoms with van der Waals surface area (Å²) in [5.41, 5.74) is 5.88. The van der Waals surface area contributed by atoms with Gasteiger partial charge in [0.05, 0.1) is 12.1 Å². The van der Waals surface area contributed by atoms with E-state index >= 15 is 0 Å². The van der Waals surface area contributed by atoms with Gasteiger partial charge in [0.25, 0.3) is 0 Å². The molecule has 26 heavy (non-hydrogen) atoms. The number of nitrogens with two attached hydrogens (primary N) is 1. The molecule has 0 radical (unpaired) electrons. The van der Waals surface area contributed by atoms with Gasteiger partial charge in [0.2, 0.25) is 5.91 Å². The topological polar surface area (TPSA) is 212 Å². The molecule has 0 aromatic rings. The summed E-state index contributed by atoms with van der Waals surface area (Å²) in [6.45, 7) is 1.20. The number of aliphatic hydroxyl groups excluding tert-OH is 5. The molecule has 2 fully saturated rings. The molecule has 1 aliphatic heterocycles. The summed E-state index contributed by atoms with van der Waals surface area (Å²) in [5.74, 6) is -2.09. The molecule has 12 nitrogen and oxygen atoms in total.